The van der Waals surface area contributed by atoms with Crippen LogP contribution in [0.2, 0.25) is 0 Å². The summed E-state index contributed by atoms with van der Waals surface area (Å²) in [7, 11) is 3.46. The van der Waals surface area contributed by atoms with Crippen molar-refractivity contribution in [1.29, 1.82) is 0 Å². The summed E-state index contributed by atoms with van der Waals surface area (Å²) in [5.41, 5.74) is 0.781. The van der Waals surface area contributed by atoms with E-state index in [0.717, 1.165) is 17.2 Å². The van der Waals surface area contributed by atoms with Gasteiger partial charge in [0.2, 0.25) is 0 Å². The Kier molecular flexibility index (Phi) is 4.24. The molecule has 0 aliphatic heterocycles. The van der Waals surface area contributed by atoms with Crippen LogP contribution in [0.15, 0.2) is 18.2 Å². The van der Waals surface area contributed by atoms with Crippen LogP contribution in [0.1, 0.15) is 30.2 Å². The highest BCUT2D eigenvalue weighted by molar-refractivity contribution is 5.43. The van der Waals surface area contributed by atoms with Crippen LogP contribution in [0.4, 0.5) is 0 Å². The molecular formula is C14H19N3O3. The van der Waals surface area contributed by atoms with Crippen molar-refractivity contribution in [3.8, 4) is 11.5 Å². The van der Waals surface area contributed by atoms with E-state index in [-0.39, 0.29) is 0 Å². The number of hydrogen-bond donors (Lipinski definition) is 1. The summed E-state index contributed by atoms with van der Waals surface area (Å²) in [6.07, 6.45) is -0.542. The first-order valence-electron chi connectivity index (χ1n) is 6.36. The molecule has 6 nitrogen and oxygen atoms in total. The minimum absolute atomic E-state index is 0.307. The van der Waals surface area contributed by atoms with Gasteiger partial charge in [0.15, 0.2) is 17.3 Å². The minimum Gasteiger partial charge on any atom is -0.493 e. The Bertz CT molecular complexity index is 593. The van der Waals surface area contributed by atoms with Gasteiger partial charge in [-0.3, -0.25) is 0 Å². The third-order valence-electron chi connectivity index (χ3n) is 3.21. The highest BCUT2D eigenvalue weighted by Crippen LogP contribution is 2.30. The highest BCUT2D eigenvalue weighted by Gasteiger charge is 2.11. The normalized spacial score (nSPS) is 12.2. The minimum atomic E-state index is -0.542. The number of aliphatic hydroxyl groups excluding tert-OH is 1. The zero-order valence-corrected chi connectivity index (χ0v) is 12.1. The largest absolute Gasteiger partial charge is 0.493 e. The lowest BCUT2D eigenvalue weighted by atomic mass is 10.1. The second kappa shape index (κ2) is 5.92. The Labute approximate surface area is 118 Å². The van der Waals surface area contributed by atoms with Gasteiger partial charge in [0.25, 0.3) is 0 Å². The van der Waals surface area contributed by atoms with Crippen LogP contribution in [0, 0.1) is 6.92 Å². The molecule has 0 spiro atoms. The fraction of sp³-hybridized carbons (Fsp3) is 0.429. The first kappa shape index (κ1) is 14.3. The molecule has 1 aromatic heterocycles. The summed E-state index contributed by atoms with van der Waals surface area (Å²) in [5.74, 6) is 2.77. The first-order valence-corrected chi connectivity index (χ1v) is 6.36. The van der Waals surface area contributed by atoms with E-state index in [1.54, 1.807) is 26.2 Å². The number of nitrogens with zero attached hydrogens (tertiary/aromatic N) is 3. The SMILES string of the molecule is COc1cc([C@@H](C)O)ccc1OCc1nnc(C)n1C. The van der Waals surface area contributed by atoms with Crippen molar-refractivity contribution in [3.63, 3.8) is 0 Å². The average molecular weight is 277 g/mol. The molecule has 1 heterocycles. The van der Waals surface area contributed by atoms with Crippen molar-refractivity contribution in [3.05, 3.63) is 35.4 Å². The predicted octanol–water partition coefficient (Wildman–Crippen LogP) is 1.76. The number of benzene rings is 1. The van der Waals surface area contributed by atoms with E-state index in [1.807, 2.05) is 24.6 Å². The molecule has 6 heteroatoms. The van der Waals surface area contributed by atoms with Crippen LogP contribution in [0.5, 0.6) is 11.5 Å². The van der Waals surface area contributed by atoms with Crippen LogP contribution in [-0.4, -0.2) is 27.0 Å². The van der Waals surface area contributed by atoms with Gasteiger partial charge in [0.1, 0.15) is 12.4 Å². The van der Waals surface area contributed by atoms with E-state index < -0.39 is 6.10 Å². The lowest BCUT2D eigenvalue weighted by molar-refractivity contribution is 0.198. The summed E-state index contributed by atoms with van der Waals surface area (Å²) < 4.78 is 12.9. The van der Waals surface area contributed by atoms with Crippen molar-refractivity contribution >= 4 is 0 Å². The molecule has 0 saturated heterocycles. The highest BCUT2D eigenvalue weighted by atomic mass is 16.5. The van der Waals surface area contributed by atoms with E-state index in [9.17, 15) is 5.11 Å². The molecular weight excluding hydrogens is 258 g/mol. The molecule has 0 saturated carbocycles. The Morgan fingerprint density at radius 1 is 1.30 bits per heavy atom. The van der Waals surface area contributed by atoms with Gasteiger partial charge in [-0.15, -0.1) is 10.2 Å². The van der Waals surface area contributed by atoms with Gasteiger partial charge in [-0.05, 0) is 31.5 Å². The van der Waals surface area contributed by atoms with Gasteiger partial charge in [0, 0.05) is 7.05 Å². The van der Waals surface area contributed by atoms with Crippen molar-refractivity contribution < 1.29 is 14.6 Å². The smallest absolute Gasteiger partial charge is 0.170 e. The van der Waals surface area contributed by atoms with Gasteiger partial charge < -0.3 is 19.1 Å². The quantitative estimate of drug-likeness (QED) is 0.902. The summed E-state index contributed by atoms with van der Waals surface area (Å²) >= 11 is 0. The van der Waals surface area contributed by atoms with Crippen molar-refractivity contribution in [2.75, 3.05) is 7.11 Å². The third kappa shape index (κ3) is 2.91. The molecule has 0 fully saturated rings. The summed E-state index contributed by atoms with van der Waals surface area (Å²) in [5, 5.41) is 17.6. The van der Waals surface area contributed by atoms with Gasteiger partial charge in [0.05, 0.1) is 13.2 Å². The standard InChI is InChI=1S/C14H19N3O3/c1-9(18)11-5-6-12(13(7-11)19-4)20-8-14-16-15-10(2)17(14)3/h5-7,9,18H,8H2,1-4H3/t9-/m1/s1. The Morgan fingerprint density at radius 3 is 2.60 bits per heavy atom. The molecule has 2 aromatic rings. The number of rotatable bonds is 5. The summed E-state index contributed by atoms with van der Waals surface area (Å²) in [6, 6.07) is 5.36. The van der Waals surface area contributed by atoms with Crippen LogP contribution in [-0.2, 0) is 13.7 Å². The maximum Gasteiger partial charge on any atom is 0.170 e. The summed E-state index contributed by atoms with van der Waals surface area (Å²) in [6.45, 7) is 3.90. The maximum absolute atomic E-state index is 9.56. The van der Waals surface area contributed by atoms with Crippen molar-refractivity contribution in [1.82, 2.24) is 14.8 Å². The van der Waals surface area contributed by atoms with E-state index in [0.29, 0.717) is 18.1 Å². The average Bonchev–Trinajstić information content (AvgIpc) is 2.76. The second-order valence-corrected chi connectivity index (χ2v) is 4.60. The van der Waals surface area contributed by atoms with Crippen molar-refractivity contribution in [2.45, 2.75) is 26.6 Å². The van der Waals surface area contributed by atoms with Gasteiger partial charge in [-0.25, -0.2) is 0 Å². The number of ether oxygens (including phenoxy) is 2. The second-order valence-electron chi connectivity index (χ2n) is 4.60. The molecule has 1 N–H and O–H groups in total. The number of aliphatic hydroxyl groups is 1. The molecule has 0 unspecified atom stereocenters. The van der Waals surface area contributed by atoms with Gasteiger partial charge in [-0.2, -0.15) is 0 Å². The van der Waals surface area contributed by atoms with Crippen LogP contribution in [0.3, 0.4) is 0 Å². The summed E-state index contributed by atoms with van der Waals surface area (Å²) in [4.78, 5) is 0. The first-order chi connectivity index (χ1) is 9.52. The topological polar surface area (TPSA) is 69.4 Å². The number of aryl methyl sites for hydroxylation is 1. The van der Waals surface area contributed by atoms with Crippen molar-refractivity contribution in [2.24, 2.45) is 7.05 Å². The third-order valence-corrected chi connectivity index (χ3v) is 3.21. The molecule has 0 radical (unpaired) electrons. The molecule has 1 atom stereocenters. The monoisotopic (exact) mass is 277 g/mol. The fourth-order valence-corrected chi connectivity index (χ4v) is 1.78. The van der Waals surface area contributed by atoms with Gasteiger partial charge >= 0.3 is 0 Å². The number of hydrogen-bond acceptors (Lipinski definition) is 5. The van der Waals surface area contributed by atoms with E-state index in [4.69, 9.17) is 9.47 Å². The number of aromatic nitrogens is 3. The van der Waals surface area contributed by atoms with Crippen LogP contribution >= 0.6 is 0 Å². The van der Waals surface area contributed by atoms with E-state index >= 15 is 0 Å². The van der Waals surface area contributed by atoms with Crippen LogP contribution < -0.4 is 9.47 Å². The lowest BCUT2D eigenvalue weighted by Gasteiger charge is -2.13. The van der Waals surface area contributed by atoms with E-state index in [1.165, 1.54) is 0 Å². The lowest BCUT2D eigenvalue weighted by Crippen LogP contribution is -2.05. The Balaban J connectivity index is 2.15. The predicted molar refractivity (Wildman–Crippen MR) is 73.7 cm³/mol. The zero-order valence-electron chi connectivity index (χ0n) is 12.1. The molecule has 2 rings (SSSR count). The molecule has 1 aromatic carbocycles. The fourth-order valence-electron chi connectivity index (χ4n) is 1.78. The van der Waals surface area contributed by atoms with Gasteiger partial charge in [-0.1, -0.05) is 6.07 Å². The zero-order chi connectivity index (χ0) is 14.7. The van der Waals surface area contributed by atoms with E-state index in [2.05, 4.69) is 10.2 Å². The molecule has 0 bridgehead atoms. The molecule has 0 amide bonds. The Hall–Kier alpha value is -2.08. The molecule has 0 aliphatic carbocycles. The van der Waals surface area contributed by atoms with Crippen LogP contribution in [0.25, 0.3) is 0 Å². The molecule has 108 valence electrons. The molecule has 0 aliphatic rings. The molecule has 20 heavy (non-hydrogen) atoms. The maximum atomic E-state index is 9.56. The Morgan fingerprint density at radius 2 is 2.05 bits per heavy atom. The number of methoxy groups -OCH3 is 1.